The van der Waals surface area contributed by atoms with E-state index in [4.69, 9.17) is 4.42 Å². The van der Waals surface area contributed by atoms with Crippen molar-refractivity contribution in [3.63, 3.8) is 0 Å². The third kappa shape index (κ3) is 4.42. The van der Waals surface area contributed by atoms with Gasteiger partial charge < -0.3 is 14.6 Å². The highest BCUT2D eigenvalue weighted by Gasteiger charge is 2.36. The zero-order chi connectivity index (χ0) is 23.0. The summed E-state index contributed by atoms with van der Waals surface area (Å²) in [5.74, 6) is 1.01. The molecule has 172 valence electrons. The second-order valence-corrected chi connectivity index (χ2v) is 8.76. The molecule has 32 heavy (non-hydrogen) atoms. The Labute approximate surface area is 186 Å². The standard InChI is InChI=1S/C20H23F3N6O2S/c1-11(2)19-27-26-15(31-19)9-28-4-6-29(7-5-28)14-8-13(20(21,22)23)17-16(25-14)12(10-32-17)18(30)24-3/h8,10-11H,4-7,9H2,1-3H3,(H,24,30). The van der Waals surface area contributed by atoms with Gasteiger partial charge in [0.2, 0.25) is 11.8 Å². The molecule has 0 unspecified atom stereocenters. The molecule has 1 saturated heterocycles. The number of nitrogens with zero attached hydrogens (tertiary/aromatic N) is 5. The van der Waals surface area contributed by atoms with Crippen LogP contribution in [0.5, 0.6) is 0 Å². The van der Waals surface area contributed by atoms with Crippen LogP contribution < -0.4 is 10.2 Å². The van der Waals surface area contributed by atoms with E-state index in [0.717, 1.165) is 17.4 Å². The largest absolute Gasteiger partial charge is 0.424 e. The van der Waals surface area contributed by atoms with Gasteiger partial charge in [-0.05, 0) is 6.07 Å². The lowest BCUT2D eigenvalue weighted by Crippen LogP contribution is -2.46. The van der Waals surface area contributed by atoms with E-state index in [0.29, 0.717) is 44.5 Å². The van der Waals surface area contributed by atoms with E-state index in [2.05, 4.69) is 25.4 Å². The first kappa shape index (κ1) is 22.5. The lowest BCUT2D eigenvalue weighted by atomic mass is 10.1. The molecule has 4 heterocycles. The SMILES string of the molecule is CNC(=O)c1csc2c(C(F)(F)F)cc(N3CCN(Cc4nnc(C(C)C)o4)CC3)nc12. The topological polar surface area (TPSA) is 87.4 Å². The number of anilines is 1. The Morgan fingerprint density at radius 3 is 2.56 bits per heavy atom. The number of hydrogen-bond acceptors (Lipinski definition) is 8. The number of halogens is 3. The number of pyridine rings is 1. The van der Waals surface area contributed by atoms with Gasteiger partial charge in [-0.2, -0.15) is 13.2 Å². The number of thiophene rings is 1. The lowest BCUT2D eigenvalue weighted by molar-refractivity contribution is -0.136. The molecule has 0 spiro atoms. The Kier molecular flexibility index (Phi) is 6.08. The summed E-state index contributed by atoms with van der Waals surface area (Å²) in [6.45, 7) is 6.61. The minimum Gasteiger partial charge on any atom is -0.424 e. The van der Waals surface area contributed by atoms with Crippen molar-refractivity contribution in [3.05, 3.63) is 34.4 Å². The van der Waals surface area contributed by atoms with E-state index in [9.17, 15) is 18.0 Å². The van der Waals surface area contributed by atoms with Gasteiger partial charge in [0, 0.05) is 44.5 Å². The number of rotatable bonds is 5. The van der Waals surface area contributed by atoms with Crippen molar-refractivity contribution >= 4 is 33.3 Å². The molecule has 0 bridgehead atoms. The van der Waals surface area contributed by atoms with Gasteiger partial charge in [-0.3, -0.25) is 9.69 Å². The van der Waals surface area contributed by atoms with Crippen molar-refractivity contribution in [2.24, 2.45) is 0 Å². The molecule has 1 aliphatic heterocycles. The Balaban J connectivity index is 1.55. The number of aromatic nitrogens is 3. The highest BCUT2D eigenvalue weighted by Crippen LogP contribution is 2.40. The van der Waals surface area contributed by atoms with Crippen LogP contribution >= 0.6 is 11.3 Å². The number of hydrogen-bond donors (Lipinski definition) is 1. The minimum atomic E-state index is -4.55. The number of alkyl halides is 3. The van der Waals surface area contributed by atoms with Crippen molar-refractivity contribution in [2.45, 2.75) is 32.5 Å². The van der Waals surface area contributed by atoms with E-state index in [-0.39, 0.29) is 27.5 Å². The highest BCUT2D eigenvalue weighted by atomic mass is 32.1. The van der Waals surface area contributed by atoms with Crippen molar-refractivity contribution in [1.29, 1.82) is 0 Å². The van der Waals surface area contributed by atoms with Crippen LogP contribution in [0.25, 0.3) is 10.2 Å². The maximum atomic E-state index is 13.7. The fourth-order valence-electron chi connectivity index (χ4n) is 3.55. The molecule has 0 aliphatic carbocycles. The summed E-state index contributed by atoms with van der Waals surface area (Å²) in [6.07, 6.45) is -4.55. The molecule has 1 aliphatic rings. The molecular weight excluding hydrogens is 445 g/mol. The van der Waals surface area contributed by atoms with Crippen LogP contribution in [0.1, 0.15) is 47.5 Å². The van der Waals surface area contributed by atoms with Gasteiger partial charge in [-0.15, -0.1) is 21.5 Å². The predicted molar refractivity (Wildman–Crippen MR) is 114 cm³/mol. The predicted octanol–water partition coefficient (Wildman–Crippen LogP) is 3.50. The Bertz CT molecular complexity index is 1120. The quantitative estimate of drug-likeness (QED) is 0.613. The molecule has 1 amide bonds. The molecule has 4 rings (SSSR count). The van der Waals surface area contributed by atoms with E-state index < -0.39 is 17.6 Å². The lowest BCUT2D eigenvalue weighted by Gasteiger charge is -2.35. The second-order valence-electron chi connectivity index (χ2n) is 7.88. The third-order valence-electron chi connectivity index (χ3n) is 5.32. The first-order valence-electron chi connectivity index (χ1n) is 10.2. The van der Waals surface area contributed by atoms with Gasteiger partial charge in [0.05, 0.1) is 27.9 Å². The Hall–Kier alpha value is -2.73. The molecule has 0 atom stereocenters. The molecule has 0 aromatic carbocycles. The fraction of sp³-hybridized carbons (Fsp3) is 0.500. The van der Waals surface area contributed by atoms with E-state index in [1.54, 1.807) is 0 Å². The van der Waals surface area contributed by atoms with Crippen LogP contribution in [-0.2, 0) is 12.7 Å². The Morgan fingerprint density at radius 2 is 1.97 bits per heavy atom. The fourth-order valence-corrected chi connectivity index (χ4v) is 4.58. The normalized spacial score (nSPS) is 15.7. The molecular formula is C20H23F3N6O2S. The van der Waals surface area contributed by atoms with Crippen molar-refractivity contribution < 1.29 is 22.4 Å². The molecule has 0 saturated carbocycles. The average Bonchev–Trinajstić information content (AvgIpc) is 3.39. The molecule has 0 radical (unpaired) electrons. The molecule has 3 aromatic heterocycles. The second kappa shape index (κ2) is 8.66. The summed E-state index contributed by atoms with van der Waals surface area (Å²) < 4.78 is 46.9. The van der Waals surface area contributed by atoms with Crippen molar-refractivity contribution in [3.8, 4) is 0 Å². The van der Waals surface area contributed by atoms with Crippen LogP contribution in [0.4, 0.5) is 19.0 Å². The first-order chi connectivity index (χ1) is 15.2. The zero-order valence-electron chi connectivity index (χ0n) is 17.9. The third-order valence-corrected chi connectivity index (χ3v) is 6.32. The van der Waals surface area contributed by atoms with Crippen LogP contribution in [-0.4, -0.2) is 59.2 Å². The van der Waals surface area contributed by atoms with E-state index in [1.807, 2.05) is 18.7 Å². The van der Waals surface area contributed by atoms with Crippen molar-refractivity contribution in [1.82, 2.24) is 25.4 Å². The summed E-state index contributed by atoms with van der Waals surface area (Å²) in [7, 11) is 1.44. The van der Waals surface area contributed by atoms with Gasteiger partial charge in [-0.25, -0.2) is 4.98 Å². The van der Waals surface area contributed by atoms with Crippen LogP contribution in [0.3, 0.4) is 0 Å². The van der Waals surface area contributed by atoms with Crippen LogP contribution in [0, 0.1) is 0 Å². The minimum absolute atomic E-state index is 0.0316. The van der Waals surface area contributed by atoms with E-state index in [1.165, 1.54) is 12.4 Å². The number of amides is 1. The van der Waals surface area contributed by atoms with Gasteiger partial charge in [0.1, 0.15) is 5.82 Å². The number of piperazine rings is 1. The zero-order valence-corrected chi connectivity index (χ0v) is 18.7. The van der Waals surface area contributed by atoms with Gasteiger partial charge in [0.15, 0.2) is 0 Å². The first-order valence-corrected chi connectivity index (χ1v) is 11.1. The molecule has 12 heteroatoms. The van der Waals surface area contributed by atoms with Gasteiger partial charge >= 0.3 is 6.18 Å². The summed E-state index contributed by atoms with van der Waals surface area (Å²) in [5, 5.41) is 12.0. The number of nitrogens with one attached hydrogen (secondary N) is 1. The number of carbonyl (C=O) groups is 1. The molecule has 3 aromatic rings. The smallest absolute Gasteiger partial charge is 0.417 e. The molecule has 1 N–H and O–H groups in total. The van der Waals surface area contributed by atoms with Crippen molar-refractivity contribution in [2.75, 3.05) is 38.1 Å². The van der Waals surface area contributed by atoms with Gasteiger partial charge in [0.25, 0.3) is 5.91 Å². The summed E-state index contributed by atoms with van der Waals surface area (Å²) in [5.41, 5.74) is -0.545. The number of carbonyl (C=O) groups excluding carboxylic acids is 1. The maximum Gasteiger partial charge on any atom is 0.417 e. The average molecular weight is 469 g/mol. The molecule has 1 fully saturated rings. The number of fused-ring (bicyclic) bond motifs is 1. The summed E-state index contributed by atoms with van der Waals surface area (Å²) >= 11 is 0.879. The van der Waals surface area contributed by atoms with Gasteiger partial charge in [-0.1, -0.05) is 13.8 Å². The van der Waals surface area contributed by atoms with E-state index >= 15 is 0 Å². The summed E-state index contributed by atoms with van der Waals surface area (Å²) in [6, 6.07) is 1.08. The maximum absolute atomic E-state index is 13.7. The van der Waals surface area contributed by atoms with Crippen LogP contribution in [0.2, 0.25) is 0 Å². The monoisotopic (exact) mass is 468 g/mol. The van der Waals surface area contributed by atoms with Crippen LogP contribution in [0.15, 0.2) is 15.9 Å². The summed E-state index contributed by atoms with van der Waals surface area (Å²) in [4.78, 5) is 20.5. The molecule has 8 nitrogen and oxygen atoms in total. The highest BCUT2D eigenvalue weighted by molar-refractivity contribution is 7.17. The Morgan fingerprint density at radius 1 is 1.25 bits per heavy atom.